The predicted octanol–water partition coefficient (Wildman–Crippen LogP) is 3.81. The molecule has 1 atom stereocenters. The van der Waals surface area contributed by atoms with Gasteiger partial charge in [0.1, 0.15) is 0 Å². The van der Waals surface area contributed by atoms with Crippen LogP contribution in [-0.4, -0.2) is 61.3 Å². The number of carbonyl (C=O) groups excluding carboxylic acids is 1. The van der Waals surface area contributed by atoms with Gasteiger partial charge < -0.3 is 15.3 Å². The standard InChI is InChI=1S/C22H33Cl2N3O2/c1-22(29,6-7-25-16-28)15-18-13-17(14-18)5-8-26-9-11-27(12-10-26)20-4-2-3-19(23)21(20)24/h2-4,16-18,29H,5-15H2,1H3,(H,25,28). The largest absolute Gasteiger partial charge is 0.390 e. The van der Waals surface area contributed by atoms with Crippen molar-refractivity contribution < 1.29 is 9.90 Å². The number of aliphatic hydroxyl groups is 1. The second-order valence-electron chi connectivity index (χ2n) is 8.92. The molecule has 3 rings (SSSR count). The molecule has 2 N–H and O–H groups in total. The minimum absolute atomic E-state index is 0.541. The molecule has 0 aromatic heterocycles. The summed E-state index contributed by atoms with van der Waals surface area (Å²) in [5.41, 5.74) is 0.361. The van der Waals surface area contributed by atoms with Crippen LogP contribution < -0.4 is 10.2 Å². The molecule has 2 fully saturated rings. The number of nitrogens with one attached hydrogen (secondary N) is 1. The van der Waals surface area contributed by atoms with Gasteiger partial charge in [0.25, 0.3) is 0 Å². The summed E-state index contributed by atoms with van der Waals surface area (Å²) in [6, 6.07) is 5.83. The van der Waals surface area contributed by atoms with E-state index < -0.39 is 5.60 Å². The van der Waals surface area contributed by atoms with E-state index in [9.17, 15) is 9.90 Å². The number of hydrogen-bond acceptors (Lipinski definition) is 4. The smallest absolute Gasteiger partial charge is 0.207 e. The zero-order chi connectivity index (χ0) is 20.9. The van der Waals surface area contributed by atoms with Gasteiger partial charge in [-0.1, -0.05) is 29.3 Å². The highest BCUT2D eigenvalue weighted by Gasteiger charge is 2.34. The van der Waals surface area contributed by atoms with E-state index in [0.717, 1.165) is 50.7 Å². The summed E-state index contributed by atoms with van der Waals surface area (Å²) in [6.45, 7) is 7.64. The van der Waals surface area contributed by atoms with Crippen molar-refractivity contribution in [1.82, 2.24) is 10.2 Å². The quantitative estimate of drug-likeness (QED) is 0.428. The fraction of sp³-hybridized carbons (Fsp3) is 0.682. The second-order valence-corrected chi connectivity index (χ2v) is 9.70. The first kappa shape index (κ1) is 22.7. The number of halogens is 2. The number of carbonyl (C=O) groups is 1. The van der Waals surface area contributed by atoms with Gasteiger partial charge in [-0.15, -0.1) is 0 Å². The van der Waals surface area contributed by atoms with Gasteiger partial charge in [0, 0.05) is 32.7 Å². The highest BCUT2D eigenvalue weighted by molar-refractivity contribution is 6.43. The predicted molar refractivity (Wildman–Crippen MR) is 120 cm³/mol. The first-order chi connectivity index (χ1) is 13.9. The lowest BCUT2D eigenvalue weighted by molar-refractivity contribution is -0.109. The van der Waals surface area contributed by atoms with E-state index in [4.69, 9.17) is 23.2 Å². The van der Waals surface area contributed by atoms with Crippen molar-refractivity contribution in [3.05, 3.63) is 28.2 Å². The second kappa shape index (κ2) is 10.3. The van der Waals surface area contributed by atoms with Gasteiger partial charge in [0.05, 0.1) is 21.3 Å². The zero-order valence-electron chi connectivity index (χ0n) is 17.2. The van der Waals surface area contributed by atoms with Crippen LogP contribution in [0.15, 0.2) is 18.2 Å². The molecule has 0 spiro atoms. The van der Waals surface area contributed by atoms with Crippen LogP contribution in [0.2, 0.25) is 10.0 Å². The van der Waals surface area contributed by atoms with Crippen molar-refractivity contribution in [2.45, 2.75) is 44.6 Å². The Morgan fingerprint density at radius 3 is 2.62 bits per heavy atom. The number of benzene rings is 1. The van der Waals surface area contributed by atoms with Gasteiger partial charge >= 0.3 is 0 Å². The summed E-state index contributed by atoms with van der Waals surface area (Å²) in [5.74, 6) is 1.40. The first-order valence-corrected chi connectivity index (χ1v) is 11.4. The Balaban J connectivity index is 1.32. The van der Waals surface area contributed by atoms with Crippen LogP contribution in [0, 0.1) is 11.8 Å². The van der Waals surface area contributed by atoms with E-state index in [1.807, 2.05) is 25.1 Å². The minimum Gasteiger partial charge on any atom is -0.390 e. The van der Waals surface area contributed by atoms with Crippen LogP contribution in [0.4, 0.5) is 5.69 Å². The van der Waals surface area contributed by atoms with Crippen molar-refractivity contribution in [2.75, 3.05) is 44.2 Å². The lowest BCUT2D eigenvalue weighted by Crippen LogP contribution is -2.47. The van der Waals surface area contributed by atoms with Crippen LogP contribution in [-0.2, 0) is 4.79 Å². The van der Waals surface area contributed by atoms with Crippen molar-refractivity contribution in [3.8, 4) is 0 Å². The average Bonchev–Trinajstić information content (AvgIpc) is 2.66. The van der Waals surface area contributed by atoms with Crippen molar-refractivity contribution in [3.63, 3.8) is 0 Å². The topological polar surface area (TPSA) is 55.8 Å². The van der Waals surface area contributed by atoms with Crippen LogP contribution in [0.1, 0.15) is 39.0 Å². The number of piperazine rings is 1. The molecule has 0 radical (unpaired) electrons. The number of rotatable bonds is 10. The lowest BCUT2D eigenvalue weighted by Gasteiger charge is -2.41. The summed E-state index contributed by atoms with van der Waals surface area (Å²) >= 11 is 12.5. The normalized spacial score (nSPS) is 24.6. The molecule has 0 bridgehead atoms. The summed E-state index contributed by atoms with van der Waals surface area (Å²) in [7, 11) is 0. The highest BCUT2D eigenvalue weighted by Crippen LogP contribution is 2.41. The van der Waals surface area contributed by atoms with E-state index in [0.29, 0.717) is 35.3 Å². The highest BCUT2D eigenvalue weighted by atomic mass is 35.5. The molecule has 29 heavy (non-hydrogen) atoms. The summed E-state index contributed by atoms with van der Waals surface area (Å²) in [6.07, 6.45) is 5.82. The summed E-state index contributed by atoms with van der Waals surface area (Å²) in [4.78, 5) is 15.2. The zero-order valence-corrected chi connectivity index (χ0v) is 18.8. The molecular weight excluding hydrogens is 409 g/mol. The molecule has 1 aliphatic heterocycles. The molecular formula is C22H33Cl2N3O2. The number of hydrogen-bond donors (Lipinski definition) is 2. The maximum atomic E-state index is 10.5. The summed E-state index contributed by atoms with van der Waals surface area (Å²) in [5, 5.41) is 14.4. The Bertz CT molecular complexity index is 672. The molecule has 1 heterocycles. The van der Waals surface area contributed by atoms with E-state index in [1.54, 1.807) is 0 Å². The fourth-order valence-corrected chi connectivity index (χ4v) is 5.13. The molecule has 1 saturated heterocycles. The maximum Gasteiger partial charge on any atom is 0.207 e. The Kier molecular flexibility index (Phi) is 8.08. The number of anilines is 1. The van der Waals surface area contributed by atoms with E-state index in [2.05, 4.69) is 15.1 Å². The van der Waals surface area contributed by atoms with Crippen LogP contribution in [0.25, 0.3) is 0 Å². The van der Waals surface area contributed by atoms with Crippen LogP contribution in [0.5, 0.6) is 0 Å². The first-order valence-electron chi connectivity index (χ1n) is 10.7. The van der Waals surface area contributed by atoms with E-state index in [-0.39, 0.29) is 0 Å². The molecule has 1 aromatic carbocycles. The molecule has 5 nitrogen and oxygen atoms in total. The Morgan fingerprint density at radius 2 is 1.93 bits per heavy atom. The third-order valence-electron chi connectivity index (χ3n) is 6.45. The monoisotopic (exact) mass is 441 g/mol. The third-order valence-corrected chi connectivity index (χ3v) is 7.26. The van der Waals surface area contributed by atoms with Crippen LogP contribution in [0.3, 0.4) is 0 Å². The third kappa shape index (κ3) is 6.48. The fourth-order valence-electron chi connectivity index (χ4n) is 4.71. The number of nitrogens with zero attached hydrogens (tertiary/aromatic N) is 2. The van der Waals surface area contributed by atoms with Crippen molar-refractivity contribution in [1.29, 1.82) is 0 Å². The van der Waals surface area contributed by atoms with Gasteiger partial charge in [-0.05, 0) is 69.5 Å². The molecule has 1 aliphatic carbocycles. The minimum atomic E-state index is -0.677. The van der Waals surface area contributed by atoms with Gasteiger partial charge in [0.2, 0.25) is 6.41 Å². The van der Waals surface area contributed by atoms with Gasteiger partial charge in [-0.3, -0.25) is 9.69 Å². The Labute approximate surface area is 184 Å². The Morgan fingerprint density at radius 1 is 1.21 bits per heavy atom. The SMILES string of the molecule is CC(O)(CCNC=O)CC1CC(CCN2CCN(c3cccc(Cl)c3Cl)CC2)C1. The summed E-state index contributed by atoms with van der Waals surface area (Å²) < 4.78 is 0. The van der Waals surface area contributed by atoms with Crippen molar-refractivity contribution >= 4 is 35.3 Å². The van der Waals surface area contributed by atoms with Gasteiger partial charge in [0.15, 0.2) is 0 Å². The van der Waals surface area contributed by atoms with Crippen LogP contribution >= 0.6 is 23.2 Å². The molecule has 7 heteroatoms. The average molecular weight is 442 g/mol. The molecule has 1 saturated carbocycles. The molecule has 2 aliphatic rings. The van der Waals surface area contributed by atoms with E-state index >= 15 is 0 Å². The maximum absolute atomic E-state index is 10.5. The van der Waals surface area contributed by atoms with E-state index in [1.165, 1.54) is 19.3 Å². The Hall–Kier alpha value is -1.01. The molecule has 1 aromatic rings. The lowest BCUT2D eigenvalue weighted by atomic mass is 9.68. The molecule has 1 amide bonds. The van der Waals surface area contributed by atoms with Crippen molar-refractivity contribution in [2.24, 2.45) is 11.8 Å². The number of amides is 1. The van der Waals surface area contributed by atoms with Gasteiger partial charge in [-0.2, -0.15) is 0 Å². The molecule has 1 unspecified atom stereocenters. The molecule has 162 valence electrons. The van der Waals surface area contributed by atoms with Gasteiger partial charge in [-0.25, -0.2) is 0 Å².